The van der Waals surface area contributed by atoms with E-state index in [4.69, 9.17) is 4.74 Å². The third-order valence-corrected chi connectivity index (χ3v) is 6.40. The average molecular weight is 466 g/mol. The number of allylic oxidation sites excluding steroid dienone is 1. The minimum Gasteiger partial charge on any atom is -0.450 e. The summed E-state index contributed by atoms with van der Waals surface area (Å²) < 4.78 is 7.71. The number of carbonyl (C=O) groups excluding carboxylic acids is 1. The number of hydrogen-bond acceptors (Lipinski definition) is 2. The van der Waals surface area contributed by atoms with Crippen LogP contribution in [0, 0.1) is 0 Å². The van der Waals surface area contributed by atoms with Crippen molar-refractivity contribution >= 4 is 11.7 Å². The molecular formula is C30H45N2O2+. The number of carbonyl (C=O) groups is 1. The highest BCUT2D eigenvalue weighted by molar-refractivity contribution is 5.69. The Morgan fingerprint density at radius 1 is 0.971 bits per heavy atom. The van der Waals surface area contributed by atoms with Gasteiger partial charge in [0.15, 0.2) is 12.4 Å². The zero-order valence-electron chi connectivity index (χ0n) is 21.9. The van der Waals surface area contributed by atoms with Crippen molar-refractivity contribution in [2.75, 3.05) is 6.61 Å². The molecule has 1 N–H and O–H groups in total. The van der Waals surface area contributed by atoms with Crippen LogP contribution in [0.4, 0.5) is 4.79 Å². The first-order valence-electron chi connectivity index (χ1n) is 13.0. The van der Waals surface area contributed by atoms with Crippen molar-refractivity contribution in [3.8, 4) is 0 Å². The third-order valence-electron chi connectivity index (χ3n) is 6.40. The van der Waals surface area contributed by atoms with Crippen molar-refractivity contribution in [1.82, 2.24) is 5.32 Å². The van der Waals surface area contributed by atoms with Gasteiger partial charge in [0.05, 0.1) is 12.1 Å². The lowest BCUT2D eigenvalue weighted by Crippen LogP contribution is -2.41. The van der Waals surface area contributed by atoms with Crippen LogP contribution in [0.25, 0.3) is 5.57 Å². The van der Waals surface area contributed by atoms with E-state index < -0.39 is 5.54 Å². The van der Waals surface area contributed by atoms with E-state index in [9.17, 15) is 4.79 Å². The summed E-state index contributed by atoms with van der Waals surface area (Å²) in [6.07, 6.45) is 14.8. The van der Waals surface area contributed by atoms with E-state index in [1.807, 2.05) is 39.0 Å². The SMILES string of the molecule is C=C(C)c1cccc(C(C)(C)NC(=O)OCCCCCCCCCC[n+]2ccc(CC)cc2)c1. The van der Waals surface area contributed by atoms with Gasteiger partial charge in [-0.2, -0.15) is 0 Å². The molecule has 4 nitrogen and oxygen atoms in total. The molecule has 0 unspecified atom stereocenters. The number of nitrogens with one attached hydrogen (secondary N) is 1. The Kier molecular flexibility index (Phi) is 11.9. The number of hydrogen-bond donors (Lipinski definition) is 1. The van der Waals surface area contributed by atoms with Crippen LogP contribution in [0.1, 0.15) is 95.8 Å². The van der Waals surface area contributed by atoms with E-state index in [1.54, 1.807) is 0 Å². The molecule has 1 aromatic carbocycles. The zero-order valence-corrected chi connectivity index (χ0v) is 21.9. The fourth-order valence-corrected chi connectivity index (χ4v) is 4.03. The Balaban J connectivity index is 1.49. The predicted molar refractivity (Wildman–Crippen MR) is 142 cm³/mol. The number of pyridine rings is 1. The number of nitrogens with zero attached hydrogens (tertiary/aromatic N) is 1. The van der Waals surface area contributed by atoms with Crippen LogP contribution in [-0.4, -0.2) is 12.7 Å². The lowest BCUT2D eigenvalue weighted by Gasteiger charge is -2.27. The van der Waals surface area contributed by atoms with Gasteiger partial charge >= 0.3 is 6.09 Å². The van der Waals surface area contributed by atoms with Crippen LogP contribution in [0.3, 0.4) is 0 Å². The summed E-state index contributed by atoms with van der Waals surface area (Å²) >= 11 is 0. The Labute approximate surface area is 207 Å². The van der Waals surface area contributed by atoms with Crippen molar-refractivity contribution in [2.45, 2.75) is 97.6 Å². The summed E-state index contributed by atoms with van der Waals surface area (Å²) in [6.45, 7) is 13.8. The average Bonchev–Trinajstić information content (AvgIpc) is 2.82. The topological polar surface area (TPSA) is 42.2 Å². The number of aryl methyl sites for hydroxylation is 2. The monoisotopic (exact) mass is 465 g/mol. The van der Waals surface area contributed by atoms with Crippen molar-refractivity contribution in [3.05, 3.63) is 72.1 Å². The molecule has 1 heterocycles. The first-order valence-corrected chi connectivity index (χ1v) is 13.0. The van der Waals surface area contributed by atoms with E-state index in [1.165, 1.54) is 44.1 Å². The maximum Gasteiger partial charge on any atom is 0.407 e. The summed E-state index contributed by atoms with van der Waals surface area (Å²) in [7, 11) is 0. The zero-order chi connectivity index (χ0) is 24.8. The molecule has 0 bridgehead atoms. The normalized spacial score (nSPS) is 11.3. The molecule has 0 saturated carbocycles. The second-order valence-electron chi connectivity index (χ2n) is 9.87. The number of aromatic nitrogens is 1. The number of benzene rings is 1. The smallest absolute Gasteiger partial charge is 0.407 e. The molecule has 0 aliphatic heterocycles. The summed E-state index contributed by atoms with van der Waals surface area (Å²) in [5.74, 6) is 0. The lowest BCUT2D eigenvalue weighted by atomic mass is 9.92. The van der Waals surface area contributed by atoms with Crippen LogP contribution < -0.4 is 9.88 Å². The molecule has 0 radical (unpaired) electrons. The molecule has 34 heavy (non-hydrogen) atoms. The fourth-order valence-electron chi connectivity index (χ4n) is 4.03. The van der Waals surface area contributed by atoms with Gasteiger partial charge in [0.25, 0.3) is 0 Å². The number of amides is 1. The van der Waals surface area contributed by atoms with Crippen LogP contribution in [-0.2, 0) is 23.2 Å². The number of rotatable bonds is 15. The molecule has 0 aliphatic rings. The number of ether oxygens (including phenoxy) is 1. The highest BCUT2D eigenvalue weighted by Gasteiger charge is 2.23. The van der Waals surface area contributed by atoms with Crippen molar-refractivity contribution in [1.29, 1.82) is 0 Å². The maximum absolute atomic E-state index is 12.3. The molecule has 0 spiro atoms. The molecule has 0 aliphatic carbocycles. The first-order chi connectivity index (χ1) is 16.3. The Hall–Kier alpha value is -2.62. The van der Waals surface area contributed by atoms with Crippen LogP contribution in [0.2, 0.25) is 0 Å². The molecule has 1 aromatic heterocycles. The summed E-state index contributed by atoms with van der Waals surface area (Å²) in [5, 5.41) is 2.99. The van der Waals surface area contributed by atoms with Crippen molar-refractivity contribution in [3.63, 3.8) is 0 Å². The molecular weight excluding hydrogens is 420 g/mol. The van der Waals surface area contributed by atoms with E-state index in [-0.39, 0.29) is 6.09 Å². The summed E-state index contributed by atoms with van der Waals surface area (Å²) in [4.78, 5) is 12.3. The second kappa shape index (κ2) is 14.6. The van der Waals surface area contributed by atoms with Gasteiger partial charge in [-0.25, -0.2) is 9.36 Å². The molecule has 2 rings (SSSR count). The Bertz CT molecular complexity index is 887. The van der Waals surface area contributed by atoms with Gasteiger partial charge in [-0.05, 0) is 62.8 Å². The number of unbranched alkanes of at least 4 members (excludes halogenated alkanes) is 7. The molecule has 0 saturated heterocycles. The van der Waals surface area contributed by atoms with E-state index >= 15 is 0 Å². The van der Waals surface area contributed by atoms with Gasteiger partial charge in [-0.15, -0.1) is 0 Å². The van der Waals surface area contributed by atoms with Crippen molar-refractivity contribution in [2.24, 2.45) is 0 Å². The Morgan fingerprint density at radius 3 is 2.21 bits per heavy atom. The largest absolute Gasteiger partial charge is 0.450 e. The minimum atomic E-state index is -0.500. The van der Waals surface area contributed by atoms with Crippen LogP contribution in [0.5, 0.6) is 0 Å². The van der Waals surface area contributed by atoms with Gasteiger partial charge in [0.1, 0.15) is 6.54 Å². The number of alkyl carbamates (subject to hydrolysis) is 1. The first kappa shape index (κ1) is 27.6. The molecule has 1 amide bonds. The van der Waals surface area contributed by atoms with Gasteiger partial charge in [0.2, 0.25) is 0 Å². The van der Waals surface area contributed by atoms with E-state index in [0.29, 0.717) is 6.61 Å². The molecule has 0 fully saturated rings. The summed E-state index contributed by atoms with van der Waals surface area (Å²) in [6, 6.07) is 12.6. The summed E-state index contributed by atoms with van der Waals surface area (Å²) in [5.41, 5.74) is 4.03. The lowest BCUT2D eigenvalue weighted by molar-refractivity contribution is -0.697. The maximum atomic E-state index is 12.3. The minimum absolute atomic E-state index is 0.354. The quantitative estimate of drug-likeness (QED) is 0.221. The van der Waals surface area contributed by atoms with Crippen LogP contribution >= 0.6 is 0 Å². The molecule has 4 heteroatoms. The second-order valence-corrected chi connectivity index (χ2v) is 9.87. The van der Waals surface area contributed by atoms with Crippen LogP contribution in [0.15, 0.2) is 55.4 Å². The van der Waals surface area contributed by atoms with Gasteiger partial charge in [-0.3, -0.25) is 0 Å². The van der Waals surface area contributed by atoms with Gasteiger partial charge in [0, 0.05) is 18.6 Å². The molecule has 0 atom stereocenters. The van der Waals surface area contributed by atoms with E-state index in [0.717, 1.165) is 42.5 Å². The fraction of sp³-hybridized carbons (Fsp3) is 0.533. The molecule has 186 valence electrons. The third kappa shape index (κ3) is 10.1. The Morgan fingerprint density at radius 2 is 1.59 bits per heavy atom. The molecule has 2 aromatic rings. The van der Waals surface area contributed by atoms with Crippen molar-refractivity contribution < 1.29 is 14.1 Å². The van der Waals surface area contributed by atoms with Gasteiger partial charge in [-0.1, -0.05) is 69.4 Å². The standard InChI is InChI=1S/C30H44N2O2/c1-6-26-18-21-32(22-19-26)20-13-11-9-7-8-10-12-14-23-34-29(33)31-30(4,5)28-17-15-16-27(24-28)25(2)3/h15-19,21-22,24H,2,6-14,20,23H2,1,3-5H3/p+1. The highest BCUT2D eigenvalue weighted by atomic mass is 16.5. The van der Waals surface area contributed by atoms with Gasteiger partial charge < -0.3 is 10.1 Å². The predicted octanol–water partition coefficient (Wildman–Crippen LogP) is 7.35. The highest BCUT2D eigenvalue weighted by Crippen LogP contribution is 2.23. The van der Waals surface area contributed by atoms with E-state index in [2.05, 4.69) is 54.0 Å².